The van der Waals surface area contributed by atoms with E-state index in [4.69, 9.17) is 0 Å². The molecular weight excluding hydrogens is 320 g/mol. The third kappa shape index (κ3) is 3.29. The predicted octanol–water partition coefficient (Wildman–Crippen LogP) is 3.40. The molecule has 2 aromatic heterocycles. The third-order valence-corrected chi connectivity index (χ3v) is 4.63. The van der Waals surface area contributed by atoms with Gasteiger partial charge in [-0.2, -0.15) is 5.26 Å². The van der Waals surface area contributed by atoms with Gasteiger partial charge in [-0.05, 0) is 32.9 Å². The van der Waals surface area contributed by atoms with Gasteiger partial charge < -0.3 is 0 Å². The molecule has 0 fully saturated rings. The minimum Gasteiger partial charge on any atom is -0.237 e. The first-order valence-corrected chi connectivity index (χ1v) is 8.36. The summed E-state index contributed by atoms with van der Waals surface area (Å²) in [6.45, 7) is 5.68. The van der Waals surface area contributed by atoms with Gasteiger partial charge in [-0.25, -0.2) is 14.6 Å². The highest BCUT2D eigenvalue weighted by Gasteiger charge is 2.17. The van der Waals surface area contributed by atoms with E-state index in [1.54, 1.807) is 4.68 Å². The standard InChI is InChI=1S/C17H16N6S/c1-11-15(9-18)17(20-13(3)19-11)24-12(2)16-10-23(22-21-16)14-7-5-4-6-8-14/h4-8,10,12H,1-3H3/t12-/m0/s1. The molecular formula is C17H16N6S. The molecule has 0 N–H and O–H groups in total. The highest BCUT2D eigenvalue weighted by molar-refractivity contribution is 7.99. The lowest BCUT2D eigenvalue weighted by Gasteiger charge is -2.10. The van der Waals surface area contributed by atoms with Crippen LogP contribution in [-0.4, -0.2) is 25.0 Å². The summed E-state index contributed by atoms with van der Waals surface area (Å²) in [7, 11) is 0. The molecule has 120 valence electrons. The van der Waals surface area contributed by atoms with Gasteiger partial charge >= 0.3 is 0 Å². The number of hydrogen-bond donors (Lipinski definition) is 0. The SMILES string of the molecule is Cc1nc(C)c(C#N)c(S[C@@H](C)c2cn(-c3ccccc3)nn2)n1. The summed E-state index contributed by atoms with van der Waals surface area (Å²) in [5.41, 5.74) is 3.02. The Morgan fingerprint density at radius 3 is 2.62 bits per heavy atom. The third-order valence-electron chi connectivity index (χ3n) is 3.52. The number of hydrogen-bond acceptors (Lipinski definition) is 6. The minimum atomic E-state index is 0.0169. The average Bonchev–Trinajstić information content (AvgIpc) is 3.05. The Morgan fingerprint density at radius 1 is 1.17 bits per heavy atom. The zero-order valence-corrected chi connectivity index (χ0v) is 14.4. The maximum absolute atomic E-state index is 9.35. The number of rotatable bonds is 4. The van der Waals surface area contributed by atoms with Crippen molar-refractivity contribution in [3.8, 4) is 11.8 Å². The molecule has 3 aromatic rings. The second kappa shape index (κ2) is 6.81. The topological polar surface area (TPSA) is 80.3 Å². The van der Waals surface area contributed by atoms with Crippen LogP contribution in [0.25, 0.3) is 5.69 Å². The average molecular weight is 336 g/mol. The van der Waals surface area contributed by atoms with Crippen LogP contribution < -0.4 is 0 Å². The van der Waals surface area contributed by atoms with E-state index in [2.05, 4.69) is 26.3 Å². The summed E-state index contributed by atoms with van der Waals surface area (Å²) in [5, 5.41) is 18.5. The van der Waals surface area contributed by atoms with Crippen LogP contribution in [0.3, 0.4) is 0 Å². The quantitative estimate of drug-likeness (QED) is 0.536. The molecule has 6 nitrogen and oxygen atoms in total. The zero-order chi connectivity index (χ0) is 17.1. The Bertz CT molecular complexity index is 897. The van der Waals surface area contributed by atoms with Gasteiger partial charge in [-0.3, -0.25) is 0 Å². The van der Waals surface area contributed by atoms with E-state index in [9.17, 15) is 5.26 Å². The minimum absolute atomic E-state index is 0.0169. The number of benzene rings is 1. The lowest BCUT2D eigenvalue weighted by Crippen LogP contribution is -2.00. The van der Waals surface area contributed by atoms with Crippen molar-refractivity contribution in [2.75, 3.05) is 0 Å². The maximum atomic E-state index is 9.35. The Labute approximate surface area is 144 Å². The number of aryl methyl sites for hydroxylation is 2. The van der Waals surface area contributed by atoms with E-state index in [0.717, 1.165) is 11.4 Å². The van der Waals surface area contributed by atoms with Gasteiger partial charge in [0, 0.05) is 0 Å². The lowest BCUT2D eigenvalue weighted by molar-refractivity contribution is 0.797. The van der Waals surface area contributed by atoms with E-state index in [0.29, 0.717) is 22.1 Å². The molecule has 0 saturated carbocycles. The van der Waals surface area contributed by atoms with Crippen LogP contribution in [0, 0.1) is 25.2 Å². The van der Waals surface area contributed by atoms with Crippen LogP contribution in [0.1, 0.15) is 34.9 Å². The van der Waals surface area contributed by atoms with Crippen molar-refractivity contribution >= 4 is 11.8 Å². The number of aromatic nitrogens is 5. The van der Waals surface area contributed by atoms with Gasteiger partial charge in [0.15, 0.2) is 0 Å². The van der Waals surface area contributed by atoms with Gasteiger partial charge in [0.05, 0.1) is 28.5 Å². The summed E-state index contributed by atoms with van der Waals surface area (Å²) >= 11 is 1.50. The van der Waals surface area contributed by atoms with Gasteiger partial charge in [-0.15, -0.1) is 5.10 Å². The second-order valence-electron chi connectivity index (χ2n) is 5.33. The Kier molecular flexibility index (Phi) is 4.58. The van der Waals surface area contributed by atoms with Crippen LogP contribution in [0.2, 0.25) is 0 Å². The second-order valence-corrected chi connectivity index (χ2v) is 6.66. The van der Waals surface area contributed by atoms with Gasteiger partial charge in [-0.1, -0.05) is 35.2 Å². The van der Waals surface area contributed by atoms with Crippen molar-refractivity contribution in [2.24, 2.45) is 0 Å². The smallest absolute Gasteiger partial charge is 0.126 e. The van der Waals surface area contributed by atoms with E-state index >= 15 is 0 Å². The summed E-state index contributed by atoms with van der Waals surface area (Å²) in [4.78, 5) is 8.66. The van der Waals surface area contributed by atoms with Crippen molar-refractivity contribution in [1.82, 2.24) is 25.0 Å². The summed E-state index contributed by atoms with van der Waals surface area (Å²) < 4.78 is 1.74. The molecule has 1 atom stereocenters. The van der Waals surface area contributed by atoms with Crippen molar-refractivity contribution < 1.29 is 0 Å². The first kappa shape index (κ1) is 16.1. The monoisotopic (exact) mass is 336 g/mol. The number of thioether (sulfide) groups is 1. The molecule has 7 heteroatoms. The molecule has 0 saturated heterocycles. The first-order valence-electron chi connectivity index (χ1n) is 7.48. The fourth-order valence-electron chi connectivity index (χ4n) is 2.29. The summed E-state index contributed by atoms with van der Waals surface area (Å²) in [6, 6.07) is 12.0. The molecule has 2 heterocycles. The van der Waals surface area contributed by atoms with Gasteiger partial charge in [0.1, 0.15) is 22.5 Å². The van der Waals surface area contributed by atoms with Crippen molar-refractivity contribution in [3.05, 3.63) is 59.3 Å². The van der Waals surface area contributed by atoms with Crippen molar-refractivity contribution in [3.63, 3.8) is 0 Å². The lowest BCUT2D eigenvalue weighted by atomic mass is 10.3. The first-order chi connectivity index (χ1) is 11.6. The highest BCUT2D eigenvalue weighted by Crippen LogP contribution is 2.35. The summed E-state index contributed by atoms with van der Waals surface area (Å²) in [5.74, 6) is 0.661. The molecule has 0 aliphatic rings. The van der Waals surface area contributed by atoms with E-state index in [1.165, 1.54) is 11.8 Å². The molecule has 0 bridgehead atoms. The fourth-order valence-corrected chi connectivity index (χ4v) is 3.35. The largest absolute Gasteiger partial charge is 0.237 e. The molecule has 3 rings (SSSR count). The Morgan fingerprint density at radius 2 is 1.92 bits per heavy atom. The number of nitrogens with zero attached hydrogens (tertiary/aromatic N) is 6. The molecule has 0 radical (unpaired) electrons. The molecule has 0 spiro atoms. The van der Waals surface area contributed by atoms with E-state index in [-0.39, 0.29) is 5.25 Å². The maximum Gasteiger partial charge on any atom is 0.126 e. The van der Waals surface area contributed by atoms with E-state index in [1.807, 2.05) is 57.3 Å². The Balaban J connectivity index is 1.85. The molecule has 0 aliphatic carbocycles. The molecule has 0 unspecified atom stereocenters. The molecule has 0 aliphatic heterocycles. The van der Waals surface area contributed by atoms with Crippen LogP contribution >= 0.6 is 11.8 Å². The molecule has 0 amide bonds. The van der Waals surface area contributed by atoms with Gasteiger partial charge in [0.25, 0.3) is 0 Å². The number of para-hydroxylation sites is 1. The van der Waals surface area contributed by atoms with Crippen LogP contribution in [0.15, 0.2) is 41.6 Å². The summed E-state index contributed by atoms with van der Waals surface area (Å²) in [6.07, 6.45) is 1.90. The van der Waals surface area contributed by atoms with Crippen molar-refractivity contribution in [2.45, 2.75) is 31.0 Å². The number of nitriles is 1. The predicted molar refractivity (Wildman–Crippen MR) is 91.9 cm³/mol. The van der Waals surface area contributed by atoms with E-state index < -0.39 is 0 Å². The van der Waals surface area contributed by atoms with Crippen LogP contribution in [-0.2, 0) is 0 Å². The normalized spacial score (nSPS) is 11.9. The van der Waals surface area contributed by atoms with Gasteiger partial charge in [0.2, 0.25) is 0 Å². The fraction of sp³-hybridized carbons (Fsp3) is 0.235. The Hall–Kier alpha value is -2.72. The molecule has 24 heavy (non-hydrogen) atoms. The van der Waals surface area contributed by atoms with Crippen LogP contribution in [0.5, 0.6) is 0 Å². The zero-order valence-electron chi connectivity index (χ0n) is 13.6. The van der Waals surface area contributed by atoms with Crippen molar-refractivity contribution in [1.29, 1.82) is 5.26 Å². The molecule has 1 aromatic carbocycles. The highest BCUT2D eigenvalue weighted by atomic mass is 32.2. The van der Waals surface area contributed by atoms with Crippen LogP contribution in [0.4, 0.5) is 0 Å².